The molecule has 0 aromatic heterocycles. The number of nitrogens with one attached hydrogen (secondary N) is 3. The Balaban J connectivity index is 1.47. The number of carbonyl (C=O) groups excluding carboxylic acids is 5. The average molecular weight is 813 g/mol. The first-order valence-electron chi connectivity index (χ1n) is 21.4. The highest BCUT2D eigenvalue weighted by molar-refractivity contribution is 5.92. The molecule has 0 spiro atoms. The molecule has 0 aliphatic carbocycles. The highest BCUT2D eigenvalue weighted by Gasteiger charge is 2.45. The lowest BCUT2D eigenvalue weighted by Gasteiger charge is -2.41. The van der Waals surface area contributed by atoms with Gasteiger partial charge in [0.1, 0.15) is 12.1 Å². The first-order chi connectivity index (χ1) is 27.5. The molecule has 9 unspecified atom stereocenters. The maximum absolute atomic E-state index is 14.3. The van der Waals surface area contributed by atoms with E-state index in [0.717, 1.165) is 62.9 Å². The van der Waals surface area contributed by atoms with Gasteiger partial charge >= 0.3 is 5.97 Å². The number of aryl methyl sites for hydroxylation is 1. The molecule has 2 fully saturated rings. The molecule has 1 aromatic rings. The second-order valence-electron chi connectivity index (χ2n) is 17.4. The number of ether oxygens (including phenoxy) is 3. The van der Waals surface area contributed by atoms with Gasteiger partial charge in [-0.15, -0.1) is 0 Å². The van der Waals surface area contributed by atoms with Crippen LogP contribution in [0.1, 0.15) is 97.6 Å². The monoisotopic (exact) mass is 813 g/mol. The van der Waals surface area contributed by atoms with Crippen molar-refractivity contribution in [3.63, 3.8) is 0 Å². The van der Waals surface area contributed by atoms with Gasteiger partial charge in [0.05, 0.1) is 49.3 Å². The number of benzene rings is 1. The number of anilines is 1. The number of esters is 1. The molecule has 2 saturated heterocycles. The minimum Gasteiger partial charge on any atom is -0.467 e. The van der Waals surface area contributed by atoms with E-state index in [9.17, 15) is 24.0 Å². The second kappa shape index (κ2) is 21.0. The molecule has 9 atom stereocenters. The van der Waals surface area contributed by atoms with E-state index < -0.39 is 53.8 Å². The van der Waals surface area contributed by atoms with Crippen molar-refractivity contribution < 1.29 is 38.2 Å². The number of methoxy groups -OCH3 is 3. The molecule has 1 aromatic carbocycles. The van der Waals surface area contributed by atoms with Crippen molar-refractivity contribution >= 4 is 35.3 Å². The standard InChI is InChI=1S/C44H72N6O8/c1-12-28(4)38(49(8)41(53)37(27(2)3)47-43(55)44(6)20-15-22-48(44)7)35(56-9)26-36(51)50-23-14-17-34(50)39(57-10)29(5)40(52)46-33(42(54)58-11)25-30-18-19-32-31(24-30)16-13-21-45-32/h18-19,24,27-29,33-35,37-39,45H,12-17,20-23,25-26H2,1-11H3,(H,46,52)(H,47,55). The molecular formula is C44H72N6O8. The Labute approximate surface area is 346 Å². The van der Waals surface area contributed by atoms with Crippen LogP contribution < -0.4 is 16.0 Å². The number of amides is 4. The summed E-state index contributed by atoms with van der Waals surface area (Å²) in [7, 11) is 8.10. The van der Waals surface area contributed by atoms with Crippen LogP contribution in [0.5, 0.6) is 0 Å². The fraction of sp³-hybridized carbons (Fsp3) is 0.750. The predicted octanol–water partition coefficient (Wildman–Crippen LogP) is 3.79. The van der Waals surface area contributed by atoms with E-state index in [4.69, 9.17) is 14.2 Å². The van der Waals surface area contributed by atoms with Gasteiger partial charge in [-0.05, 0) is 88.1 Å². The van der Waals surface area contributed by atoms with Crippen molar-refractivity contribution in [3.05, 3.63) is 29.3 Å². The van der Waals surface area contributed by atoms with Crippen LogP contribution >= 0.6 is 0 Å². The van der Waals surface area contributed by atoms with Crippen LogP contribution in [-0.4, -0.2) is 141 Å². The summed E-state index contributed by atoms with van der Waals surface area (Å²) in [6.45, 7) is 13.9. The second-order valence-corrected chi connectivity index (χ2v) is 17.4. The number of likely N-dealkylation sites (N-methyl/N-ethyl adjacent to an activating group) is 2. The normalized spacial score (nSPS) is 23.1. The summed E-state index contributed by atoms with van der Waals surface area (Å²) in [5.74, 6) is -2.34. The fourth-order valence-corrected chi connectivity index (χ4v) is 9.25. The van der Waals surface area contributed by atoms with Crippen molar-refractivity contribution in [2.45, 2.75) is 141 Å². The predicted molar refractivity (Wildman–Crippen MR) is 224 cm³/mol. The molecule has 14 heteroatoms. The maximum atomic E-state index is 14.3. The number of likely N-dealkylation sites (tertiary alicyclic amines) is 2. The van der Waals surface area contributed by atoms with Crippen LogP contribution in [0.2, 0.25) is 0 Å². The van der Waals surface area contributed by atoms with E-state index in [1.807, 2.05) is 58.7 Å². The van der Waals surface area contributed by atoms with Crippen molar-refractivity contribution in [3.8, 4) is 0 Å². The van der Waals surface area contributed by atoms with Gasteiger partial charge in [-0.3, -0.25) is 24.1 Å². The lowest BCUT2D eigenvalue weighted by molar-refractivity contribution is -0.149. The van der Waals surface area contributed by atoms with E-state index in [0.29, 0.717) is 13.0 Å². The van der Waals surface area contributed by atoms with Gasteiger partial charge in [-0.2, -0.15) is 0 Å². The van der Waals surface area contributed by atoms with E-state index in [2.05, 4.69) is 22.0 Å². The van der Waals surface area contributed by atoms with Crippen molar-refractivity contribution in [2.75, 3.05) is 60.4 Å². The number of carbonyl (C=O) groups is 5. The molecular weight excluding hydrogens is 741 g/mol. The van der Waals surface area contributed by atoms with Gasteiger partial charge < -0.3 is 40.0 Å². The first kappa shape index (κ1) is 46.9. The number of hydrogen-bond acceptors (Lipinski definition) is 10. The Morgan fingerprint density at radius 2 is 1.72 bits per heavy atom. The van der Waals surface area contributed by atoms with Gasteiger partial charge in [-0.25, -0.2) is 4.79 Å². The molecule has 4 amide bonds. The number of rotatable bonds is 19. The van der Waals surface area contributed by atoms with E-state index in [1.54, 1.807) is 38.0 Å². The summed E-state index contributed by atoms with van der Waals surface area (Å²) in [4.78, 5) is 74.6. The summed E-state index contributed by atoms with van der Waals surface area (Å²) < 4.78 is 17.1. The van der Waals surface area contributed by atoms with Crippen LogP contribution in [0.15, 0.2) is 18.2 Å². The lowest BCUT2D eigenvalue weighted by atomic mass is 9.89. The zero-order valence-corrected chi connectivity index (χ0v) is 37.0. The quantitative estimate of drug-likeness (QED) is 0.176. The zero-order chi connectivity index (χ0) is 42.9. The first-order valence-corrected chi connectivity index (χ1v) is 21.4. The number of hydrogen-bond donors (Lipinski definition) is 3. The molecule has 3 heterocycles. The minimum atomic E-state index is -0.899. The van der Waals surface area contributed by atoms with Gasteiger partial charge in [0.2, 0.25) is 23.6 Å². The Bertz CT molecular complexity index is 1590. The topological polar surface area (TPSA) is 159 Å². The summed E-state index contributed by atoms with van der Waals surface area (Å²) in [6.07, 6.45) is 4.73. The average Bonchev–Trinajstić information content (AvgIpc) is 3.84. The third-order valence-corrected chi connectivity index (χ3v) is 13.3. The van der Waals surface area contributed by atoms with Crippen molar-refractivity contribution in [1.82, 2.24) is 25.3 Å². The van der Waals surface area contributed by atoms with Gasteiger partial charge in [0.25, 0.3) is 0 Å². The molecule has 3 aliphatic heterocycles. The van der Waals surface area contributed by atoms with Gasteiger partial charge in [0.15, 0.2) is 0 Å². The largest absolute Gasteiger partial charge is 0.467 e. The summed E-state index contributed by atoms with van der Waals surface area (Å²) in [5, 5.41) is 9.42. The summed E-state index contributed by atoms with van der Waals surface area (Å²) in [6, 6.07) is 3.56. The van der Waals surface area contributed by atoms with Crippen LogP contribution in [-0.2, 0) is 51.0 Å². The molecule has 0 bridgehead atoms. The maximum Gasteiger partial charge on any atom is 0.328 e. The van der Waals surface area contributed by atoms with E-state index in [-0.39, 0.29) is 48.3 Å². The summed E-state index contributed by atoms with van der Waals surface area (Å²) in [5.41, 5.74) is 2.52. The van der Waals surface area contributed by atoms with Crippen molar-refractivity contribution in [2.24, 2.45) is 17.8 Å². The molecule has 326 valence electrons. The summed E-state index contributed by atoms with van der Waals surface area (Å²) >= 11 is 0. The van der Waals surface area contributed by atoms with E-state index >= 15 is 0 Å². The lowest BCUT2D eigenvalue weighted by Crippen LogP contribution is -2.61. The smallest absolute Gasteiger partial charge is 0.328 e. The molecule has 0 saturated carbocycles. The van der Waals surface area contributed by atoms with Crippen molar-refractivity contribution in [1.29, 1.82) is 0 Å². The van der Waals surface area contributed by atoms with Gasteiger partial charge in [-0.1, -0.05) is 53.2 Å². The molecule has 3 aliphatic rings. The molecule has 4 rings (SSSR count). The number of nitrogens with zero attached hydrogens (tertiary/aromatic N) is 3. The van der Waals surface area contributed by atoms with Crippen LogP contribution in [0.3, 0.4) is 0 Å². The van der Waals surface area contributed by atoms with Crippen LogP contribution in [0, 0.1) is 17.8 Å². The SMILES string of the molecule is CCC(C)C(C(CC(=O)N1CCCC1C(OC)C(C)C(=O)NC(Cc1ccc2c(c1)CCCN2)C(=O)OC)OC)N(C)C(=O)C(NC(=O)C1(C)CCCN1C)C(C)C. The highest BCUT2D eigenvalue weighted by Crippen LogP contribution is 2.31. The van der Waals surface area contributed by atoms with Crippen LogP contribution in [0.4, 0.5) is 5.69 Å². The Hall–Kier alpha value is -3.75. The molecule has 58 heavy (non-hydrogen) atoms. The molecule has 3 N–H and O–H groups in total. The Kier molecular flexibility index (Phi) is 17.0. The minimum absolute atomic E-state index is 0.0128. The third-order valence-electron chi connectivity index (χ3n) is 13.3. The zero-order valence-electron chi connectivity index (χ0n) is 37.0. The number of fused-ring (bicyclic) bond motifs is 1. The third kappa shape index (κ3) is 10.7. The Morgan fingerprint density at radius 3 is 2.33 bits per heavy atom. The van der Waals surface area contributed by atoms with E-state index in [1.165, 1.54) is 12.7 Å². The van der Waals surface area contributed by atoms with Crippen LogP contribution in [0.25, 0.3) is 0 Å². The highest BCUT2D eigenvalue weighted by atomic mass is 16.5. The fourth-order valence-electron chi connectivity index (χ4n) is 9.25. The molecule has 0 radical (unpaired) electrons. The Morgan fingerprint density at radius 1 is 1.00 bits per heavy atom. The molecule has 14 nitrogen and oxygen atoms in total. The van der Waals surface area contributed by atoms with Gasteiger partial charge in [0, 0.05) is 46.5 Å².